The van der Waals surface area contributed by atoms with E-state index < -0.39 is 0 Å². The Bertz CT molecular complexity index is 292. The van der Waals surface area contributed by atoms with Crippen LogP contribution >= 0.6 is 0 Å². The normalized spacial score (nSPS) is 11.7. The molecule has 0 unspecified atom stereocenters. The standard InChI is InChI=1S/C8H14N4O/c1-3-4-7-5-8(11-10-7)9-6(2)12-13/h5,13H,3-4H2,1-2H3,(H2,9,10,11,12). The van der Waals surface area contributed by atoms with Crippen LogP contribution in [0.5, 0.6) is 0 Å². The highest BCUT2D eigenvalue weighted by atomic mass is 16.4. The lowest BCUT2D eigenvalue weighted by atomic mass is 10.2. The molecule has 0 saturated heterocycles. The molecule has 0 aliphatic heterocycles. The molecule has 0 aliphatic carbocycles. The maximum atomic E-state index is 8.39. The van der Waals surface area contributed by atoms with Crippen molar-refractivity contribution in [3.63, 3.8) is 0 Å². The summed E-state index contributed by atoms with van der Waals surface area (Å²) in [4.78, 5) is 0. The Kier molecular flexibility index (Phi) is 3.31. The predicted octanol–water partition coefficient (Wildman–Crippen LogP) is 1.58. The van der Waals surface area contributed by atoms with Gasteiger partial charge in [0.25, 0.3) is 0 Å². The Hall–Kier alpha value is -1.52. The van der Waals surface area contributed by atoms with E-state index in [1.54, 1.807) is 6.92 Å². The van der Waals surface area contributed by atoms with E-state index >= 15 is 0 Å². The van der Waals surface area contributed by atoms with Gasteiger partial charge in [-0.05, 0) is 13.3 Å². The molecular weight excluding hydrogens is 168 g/mol. The van der Waals surface area contributed by atoms with Crippen LogP contribution in [0.3, 0.4) is 0 Å². The molecule has 5 heteroatoms. The van der Waals surface area contributed by atoms with Crippen LogP contribution in [0, 0.1) is 0 Å². The van der Waals surface area contributed by atoms with Crippen LogP contribution in [-0.2, 0) is 6.42 Å². The third-order valence-electron chi connectivity index (χ3n) is 1.61. The maximum Gasteiger partial charge on any atom is 0.153 e. The molecule has 0 spiro atoms. The van der Waals surface area contributed by atoms with Gasteiger partial charge in [0.2, 0.25) is 0 Å². The monoisotopic (exact) mass is 182 g/mol. The number of aromatic nitrogens is 2. The number of anilines is 1. The molecule has 1 heterocycles. The topological polar surface area (TPSA) is 73.3 Å². The van der Waals surface area contributed by atoms with Crippen LogP contribution < -0.4 is 5.32 Å². The molecule has 1 rings (SSSR count). The van der Waals surface area contributed by atoms with Gasteiger partial charge >= 0.3 is 0 Å². The number of amidine groups is 1. The smallest absolute Gasteiger partial charge is 0.153 e. The fourth-order valence-electron chi connectivity index (χ4n) is 1.03. The fraction of sp³-hybridized carbons (Fsp3) is 0.500. The molecule has 3 N–H and O–H groups in total. The van der Waals surface area contributed by atoms with E-state index in [1.165, 1.54) is 0 Å². The molecule has 72 valence electrons. The molecule has 0 fully saturated rings. The lowest BCUT2D eigenvalue weighted by Crippen LogP contribution is -2.06. The number of hydrogen-bond acceptors (Lipinski definition) is 3. The zero-order chi connectivity index (χ0) is 9.68. The Balaban J connectivity index is 2.58. The van der Waals surface area contributed by atoms with E-state index in [0.717, 1.165) is 18.5 Å². The van der Waals surface area contributed by atoms with Crippen molar-refractivity contribution in [1.82, 2.24) is 10.2 Å². The van der Waals surface area contributed by atoms with Crippen LogP contribution in [0.4, 0.5) is 5.82 Å². The maximum absolute atomic E-state index is 8.39. The van der Waals surface area contributed by atoms with E-state index in [2.05, 4.69) is 27.6 Å². The minimum atomic E-state index is 0.426. The first-order chi connectivity index (χ1) is 6.26. The number of nitrogens with zero attached hydrogens (tertiary/aromatic N) is 2. The van der Waals surface area contributed by atoms with Gasteiger partial charge in [0.05, 0.1) is 0 Å². The minimum absolute atomic E-state index is 0.426. The number of H-pyrrole nitrogens is 1. The zero-order valence-electron chi connectivity index (χ0n) is 7.83. The van der Waals surface area contributed by atoms with E-state index in [-0.39, 0.29) is 0 Å². The van der Waals surface area contributed by atoms with E-state index in [4.69, 9.17) is 5.21 Å². The molecule has 1 aromatic heterocycles. The Morgan fingerprint density at radius 3 is 3.15 bits per heavy atom. The summed E-state index contributed by atoms with van der Waals surface area (Å²) in [6.45, 7) is 3.77. The number of aryl methyl sites for hydroxylation is 1. The highest BCUT2D eigenvalue weighted by Gasteiger charge is 2.00. The molecule has 0 amide bonds. The summed E-state index contributed by atoms with van der Waals surface area (Å²) in [5.41, 5.74) is 1.08. The van der Waals surface area contributed by atoms with Crippen LogP contribution in [-0.4, -0.2) is 21.2 Å². The van der Waals surface area contributed by atoms with E-state index in [1.807, 2.05) is 6.07 Å². The summed E-state index contributed by atoms with van der Waals surface area (Å²) < 4.78 is 0. The van der Waals surface area contributed by atoms with Gasteiger partial charge in [0, 0.05) is 11.8 Å². The SMILES string of the molecule is CCCc1cc(NC(C)=NO)n[nH]1. The van der Waals surface area contributed by atoms with Gasteiger partial charge in [-0.2, -0.15) is 5.10 Å². The third kappa shape index (κ3) is 2.77. The fourth-order valence-corrected chi connectivity index (χ4v) is 1.03. The quantitative estimate of drug-likeness (QED) is 0.287. The predicted molar refractivity (Wildman–Crippen MR) is 51.1 cm³/mol. The van der Waals surface area contributed by atoms with Gasteiger partial charge in [0.1, 0.15) is 5.84 Å². The van der Waals surface area contributed by atoms with E-state index in [9.17, 15) is 0 Å². The second-order valence-corrected chi connectivity index (χ2v) is 2.84. The lowest BCUT2D eigenvalue weighted by Gasteiger charge is -1.96. The van der Waals surface area contributed by atoms with Gasteiger partial charge in [0.15, 0.2) is 5.82 Å². The van der Waals surface area contributed by atoms with Crippen molar-refractivity contribution >= 4 is 11.7 Å². The molecule has 0 aliphatic rings. The number of hydrogen-bond donors (Lipinski definition) is 3. The Labute approximate surface area is 76.8 Å². The van der Waals surface area contributed by atoms with Gasteiger partial charge in [-0.25, -0.2) is 0 Å². The number of nitrogens with one attached hydrogen (secondary N) is 2. The Morgan fingerprint density at radius 1 is 1.77 bits per heavy atom. The molecule has 0 aromatic carbocycles. The first kappa shape index (κ1) is 9.57. The number of oxime groups is 1. The van der Waals surface area contributed by atoms with Gasteiger partial charge in [-0.1, -0.05) is 18.5 Å². The first-order valence-corrected chi connectivity index (χ1v) is 4.26. The van der Waals surface area contributed by atoms with E-state index in [0.29, 0.717) is 11.7 Å². The number of aromatic amines is 1. The zero-order valence-corrected chi connectivity index (χ0v) is 7.83. The van der Waals surface area contributed by atoms with Crippen molar-refractivity contribution in [2.75, 3.05) is 5.32 Å². The van der Waals surface area contributed by atoms with Crippen molar-refractivity contribution < 1.29 is 5.21 Å². The summed E-state index contributed by atoms with van der Waals surface area (Å²) in [6.07, 6.45) is 2.05. The Morgan fingerprint density at radius 2 is 2.54 bits per heavy atom. The summed E-state index contributed by atoms with van der Waals surface area (Å²) >= 11 is 0. The third-order valence-corrected chi connectivity index (χ3v) is 1.61. The molecule has 13 heavy (non-hydrogen) atoms. The van der Waals surface area contributed by atoms with Crippen LogP contribution in [0.25, 0.3) is 0 Å². The summed E-state index contributed by atoms with van der Waals surface area (Å²) in [5, 5.41) is 21.1. The van der Waals surface area contributed by atoms with Crippen molar-refractivity contribution in [2.45, 2.75) is 26.7 Å². The van der Waals surface area contributed by atoms with Gasteiger partial charge < -0.3 is 10.5 Å². The molecule has 0 radical (unpaired) electrons. The molecule has 1 aromatic rings. The van der Waals surface area contributed by atoms with Crippen molar-refractivity contribution in [1.29, 1.82) is 0 Å². The molecular formula is C8H14N4O. The molecule has 0 atom stereocenters. The summed E-state index contributed by atoms with van der Waals surface area (Å²) in [7, 11) is 0. The summed E-state index contributed by atoms with van der Waals surface area (Å²) in [5.74, 6) is 1.10. The van der Waals surface area contributed by atoms with Gasteiger partial charge in [-0.3, -0.25) is 5.10 Å². The average Bonchev–Trinajstić information content (AvgIpc) is 2.53. The molecule has 0 bridgehead atoms. The van der Waals surface area contributed by atoms with Crippen molar-refractivity contribution in [2.24, 2.45) is 5.16 Å². The average molecular weight is 182 g/mol. The largest absolute Gasteiger partial charge is 0.409 e. The second-order valence-electron chi connectivity index (χ2n) is 2.84. The van der Waals surface area contributed by atoms with Crippen LogP contribution in [0.15, 0.2) is 11.2 Å². The highest BCUT2D eigenvalue weighted by Crippen LogP contribution is 2.06. The first-order valence-electron chi connectivity index (χ1n) is 4.26. The van der Waals surface area contributed by atoms with Crippen LogP contribution in [0.1, 0.15) is 26.0 Å². The minimum Gasteiger partial charge on any atom is -0.409 e. The lowest BCUT2D eigenvalue weighted by molar-refractivity contribution is 0.318. The molecule has 0 saturated carbocycles. The van der Waals surface area contributed by atoms with Gasteiger partial charge in [-0.15, -0.1) is 0 Å². The second kappa shape index (κ2) is 4.49. The highest BCUT2D eigenvalue weighted by molar-refractivity contribution is 5.92. The van der Waals surface area contributed by atoms with Crippen molar-refractivity contribution in [3.8, 4) is 0 Å². The number of rotatable bonds is 3. The molecule has 5 nitrogen and oxygen atoms in total. The van der Waals surface area contributed by atoms with Crippen LogP contribution in [0.2, 0.25) is 0 Å². The summed E-state index contributed by atoms with van der Waals surface area (Å²) in [6, 6.07) is 1.90. The van der Waals surface area contributed by atoms with Crippen molar-refractivity contribution in [3.05, 3.63) is 11.8 Å².